The molecule has 0 saturated carbocycles. The summed E-state index contributed by atoms with van der Waals surface area (Å²) in [5.74, 6) is -3.52. The number of rotatable bonds is 26. The van der Waals surface area contributed by atoms with Crippen LogP contribution in [0.15, 0.2) is 126 Å². The maximum Gasteiger partial charge on any atom is 0.412 e. The van der Waals surface area contributed by atoms with Gasteiger partial charge in [0.1, 0.15) is 43.7 Å². The van der Waals surface area contributed by atoms with Gasteiger partial charge in [0.2, 0.25) is 11.8 Å². The lowest BCUT2D eigenvalue weighted by atomic mass is 9.90. The molecule has 4 aromatic rings. The lowest BCUT2D eigenvalue weighted by Crippen LogP contribution is -2.48. The summed E-state index contributed by atoms with van der Waals surface area (Å²) in [4.78, 5) is 96.4. The quantitative estimate of drug-likeness (QED) is 0.0141. The summed E-state index contributed by atoms with van der Waals surface area (Å²) in [6.45, 7) is 5.38. The van der Waals surface area contributed by atoms with Gasteiger partial charge in [0.25, 0.3) is 0 Å². The van der Waals surface area contributed by atoms with Crippen LogP contribution in [0.25, 0.3) is 0 Å². The molecular weight excluding hydrogens is 885 g/mol. The van der Waals surface area contributed by atoms with Crippen LogP contribution in [0.5, 0.6) is 0 Å². The number of benzene rings is 4. The summed E-state index contributed by atoms with van der Waals surface area (Å²) in [6, 6.07) is 34.1. The van der Waals surface area contributed by atoms with Gasteiger partial charge in [-0.2, -0.15) is 0 Å². The molecule has 17 heteroatoms. The number of amides is 5. The third-order valence-electron chi connectivity index (χ3n) is 10.3. The molecule has 368 valence electrons. The number of Topliss-reactive ketones (excluding diaryl/α,β-unsaturated/α-hetero) is 1. The molecule has 0 spiro atoms. The molecule has 4 aromatic carbocycles. The van der Waals surface area contributed by atoms with Crippen LogP contribution in [-0.4, -0.2) is 78.5 Å². The molecule has 69 heavy (non-hydrogen) atoms. The summed E-state index contributed by atoms with van der Waals surface area (Å²) >= 11 is 0. The molecular formula is C52H64N6O11. The van der Waals surface area contributed by atoms with Crippen molar-refractivity contribution in [2.75, 3.05) is 13.1 Å². The van der Waals surface area contributed by atoms with E-state index in [1.807, 2.05) is 72.8 Å². The molecule has 17 nitrogen and oxygen atoms in total. The Morgan fingerprint density at radius 2 is 1.10 bits per heavy atom. The zero-order valence-corrected chi connectivity index (χ0v) is 39.5. The van der Waals surface area contributed by atoms with Gasteiger partial charge in [0, 0.05) is 25.4 Å². The summed E-state index contributed by atoms with van der Waals surface area (Å²) in [6.07, 6.45) is -1.64. The summed E-state index contributed by atoms with van der Waals surface area (Å²) in [5.41, 5.74) is 7.95. The fourth-order valence-electron chi connectivity index (χ4n) is 6.77. The van der Waals surface area contributed by atoms with E-state index in [1.54, 1.807) is 69.3 Å². The number of alkyl carbamates (subject to hydrolysis) is 3. The number of primary amides is 1. The SMILES string of the molecule is CC(C)(C)OC(=O)N[C@H](CCCN=C(CC(=O)OCc1ccccc1)NC(=O)OCc1ccccc1)C(=O)C[C@@H](Cc1ccccc1)C(=O)N[C@@H](CCCCNC(=O)OCc1ccccc1)C(N)=O. The third kappa shape index (κ3) is 22.7. The molecule has 0 saturated heterocycles. The van der Waals surface area contributed by atoms with E-state index in [0.29, 0.717) is 12.8 Å². The van der Waals surface area contributed by atoms with Gasteiger partial charge >= 0.3 is 24.2 Å². The van der Waals surface area contributed by atoms with Crippen LogP contribution in [0, 0.1) is 5.92 Å². The van der Waals surface area contributed by atoms with Crippen LogP contribution in [-0.2, 0) is 64.4 Å². The Kier molecular flexibility index (Phi) is 22.9. The summed E-state index contributed by atoms with van der Waals surface area (Å²) < 4.78 is 21.5. The molecule has 0 unspecified atom stereocenters. The smallest absolute Gasteiger partial charge is 0.412 e. The van der Waals surface area contributed by atoms with Crippen LogP contribution in [0.1, 0.15) is 88.0 Å². The number of ketones is 1. The van der Waals surface area contributed by atoms with Gasteiger partial charge in [-0.25, -0.2) is 14.4 Å². The Bertz CT molecular complexity index is 2210. The first-order valence-electron chi connectivity index (χ1n) is 22.9. The van der Waals surface area contributed by atoms with E-state index in [2.05, 4.69) is 26.3 Å². The van der Waals surface area contributed by atoms with Crippen molar-refractivity contribution in [1.29, 1.82) is 0 Å². The van der Waals surface area contributed by atoms with Crippen molar-refractivity contribution in [2.45, 2.75) is 110 Å². The van der Waals surface area contributed by atoms with E-state index >= 15 is 0 Å². The fraction of sp³-hybridized carbons (Fsp3) is 0.385. The van der Waals surface area contributed by atoms with Gasteiger partial charge in [-0.15, -0.1) is 0 Å². The minimum Gasteiger partial charge on any atom is -0.460 e. The van der Waals surface area contributed by atoms with Gasteiger partial charge < -0.3 is 40.6 Å². The average molecular weight is 949 g/mol. The van der Waals surface area contributed by atoms with Crippen molar-refractivity contribution in [3.05, 3.63) is 144 Å². The number of aliphatic imine (C=N–C) groups is 1. The van der Waals surface area contributed by atoms with Gasteiger partial charge in [-0.05, 0) is 81.5 Å². The zero-order chi connectivity index (χ0) is 49.9. The molecule has 3 atom stereocenters. The highest BCUT2D eigenvalue weighted by Crippen LogP contribution is 2.18. The van der Waals surface area contributed by atoms with Crippen molar-refractivity contribution < 1.29 is 52.5 Å². The van der Waals surface area contributed by atoms with Gasteiger partial charge in [0.05, 0.1) is 6.04 Å². The molecule has 0 bridgehead atoms. The number of nitrogens with zero attached hydrogens (tertiary/aromatic N) is 1. The van der Waals surface area contributed by atoms with Crippen LogP contribution in [0.2, 0.25) is 0 Å². The highest BCUT2D eigenvalue weighted by molar-refractivity contribution is 6.04. The maximum absolute atomic E-state index is 14.2. The molecule has 5 amide bonds. The number of ether oxygens (including phenoxy) is 4. The molecule has 0 aromatic heterocycles. The molecule has 4 rings (SSSR count). The first-order valence-corrected chi connectivity index (χ1v) is 22.9. The predicted octanol–water partition coefficient (Wildman–Crippen LogP) is 7.00. The van der Waals surface area contributed by atoms with Crippen LogP contribution < -0.4 is 27.0 Å². The van der Waals surface area contributed by atoms with Crippen molar-refractivity contribution >= 4 is 47.7 Å². The monoisotopic (exact) mass is 948 g/mol. The van der Waals surface area contributed by atoms with E-state index < -0.39 is 71.9 Å². The minimum atomic E-state index is -1.15. The number of nitrogens with two attached hydrogens (primary N) is 1. The second kappa shape index (κ2) is 29.3. The van der Waals surface area contributed by atoms with E-state index in [-0.39, 0.29) is 70.8 Å². The topological polar surface area (TPSA) is 243 Å². The normalized spacial score (nSPS) is 12.5. The van der Waals surface area contributed by atoms with Gasteiger partial charge in [-0.1, -0.05) is 121 Å². The van der Waals surface area contributed by atoms with E-state index in [4.69, 9.17) is 24.7 Å². The van der Waals surface area contributed by atoms with E-state index in [9.17, 15) is 33.6 Å². The van der Waals surface area contributed by atoms with Crippen molar-refractivity contribution in [3.8, 4) is 0 Å². The van der Waals surface area contributed by atoms with Crippen molar-refractivity contribution in [3.63, 3.8) is 0 Å². The highest BCUT2D eigenvalue weighted by atomic mass is 16.6. The number of amidine groups is 1. The molecule has 0 radical (unpaired) electrons. The number of esters is 1. The Labute approximate surface area is 403 Å². The Hall–Kier alpha value is -7.56. The van der Waals surface area contributed by atoms with Crippen LogP contribution >= 0.6 is 0 Å². The van der Waals surface area contributed by atoms with Crippen molar-refractivity contribution in [2.24, 2.45) is 16.6 Å². The van der Waals surface area contributed by atoms with Crippen molar-refractivity contribution in [1.82, 2.24) is 21.3 Å². The van der Waals surface area contributed by atoms with E-state index in [0.717, 1.165) is 22.3 Å². The molecule has 0 heterocycles. The van der Waals surface area contributed by atoms with Crippen LogP contribution in [0.3, 0.4) is 0 Å². The highest BCUT2D eigenvalue weighted by Gasteiger charge is 2.31. The Balaban J connectivity index is 1.42. The number of hydrogen-bond acceptors (Lipinski definition) is 12. The number of unbranched alkanes of at least 4 members (excludes halogenated alkanes) is 1. The number of carbonyl (C=O) groups is 7. The zero-order valence-electron chi connectivity index (χ0n) is 39.5. The number of carbonyl (C=O) groups excluding carboxylic acids is 7. The first kappa shape index (κ1) is 54.0. The average Bonchev–Trinajstić information content (AvgIpc) is 3.32. The second-order valence-electron chi connectivity index (χ2n) is 17.2. The van der Waals surface area contributed by atoms with Crippen LogP contribution in [0.4, 0.5) is 14.4 Å². The largest absolute Gasteiger partial charge is 0.460 e. The van der Waals surface area contributed by atoms with Gasteiger partial charge in [-0.3, -0.25) is 29.5 Å². The summed E-state index contributed by atoms with van der Waals surface area (Å²) in [5, 5.41) is 10.6. The van der Waals surface area contributed by atoms with Gasteiger partial charge in [0.15, 0.2) is 5.78 Å². The Morgan fingerprint density at radius 3 is 1.64 bits per heavy atom. The van der Waals surface area contributed by atoms with E-state index in [1.165, 1.54) is 0 Å². The molecule has 6 N–H and O–H groups in total. The molecule has 0 aliphatic heterocycles. The lowest BCUT2D eigenvalue weighted by Gasteiger charge is -2.25. The molecule has 0 aliphatic rings. The first-order chi connectivity index (χ1) is 33.1. The number of nitrogens with one attached hydrogen (secondary N) is 4. The lowest BCUT2D eigenvalue weighted by molar-refractivity contribution is -0.143. The Morgan fingerprint density at radius 1 is 0.594 bits per heavy atom. The molecule has 0 aliphatic carbocycles. The standard InChI is InChI=1S/C52H64N6O11/c1-52(2,3)69-51(65)57-42(28-18-30-54-45(33-46(60)66-34-38-21-10-5-11-22-38)58-50(64)68-36-40-25-14-7-15-26-40)44(59)32-41(31-37-19-8-4-9-20-37)48(62)56-43(47(53)61)27-16-17-29-55-49(63)67-35-39-23-12-6-13-24-39/h4-15,19-26,41-43H,16-18,27-36H2,1-3H3,(H2,53,61)(H,55,63)(H,56,62)(H,57,65)(H,54,58,64)/t41-,42-,43+/m1/s1. The number of hydrogen-bond donors (Lipinski definition) is 5. The fourth-order valence-corrected chi connectivity index (χ4v) is 6.77. The maximum atomic E-state index is 14.2. The second-order valence-corrected chi connectivity index (χ2v) is 17.2. The predicted molar refractivity (Wildman–Crippen MR) is 258 cm³/mol. The molecule has 0 fully saturated rings. The third-order valence-corrected chi connectivity index (χ3v) is 10.3. The summed E-state index contributed by atoms with van der Waals surface area (Å²) in [7, 11) is 0. The minimum absolute atomic E-state index is 0.00133.